The molecule has 0 saturated carbocycles. The summed E-state index contributed by atoms with van der Waals surface area (Å²) in [4.78, 5) is 7.07. The van der Waals surface area contributed by atoms with Gasteiger partial charge in [0.1, 0.15) is 11.5 Å². The third-order valence-electron chi connectivity index (χ3n) is 5.03. The van der Waals surface area contributed by atoms with Gasteiger partial charge in [-0.3, -0.25) is 4.90 Å². The van der Waals surface area contributed by atoms with Crippen molar-refractivity contribution in [1.82, 2.24) is 14.3 Å². The molecule has 4 rings (SSSR count). The van der Waals surface area contributed by atoms with Crippen molar-refractivity contribution in [2.45, 2.75) is 38.0 Å². The van der Waals surface area contributed by atoms with Gasteiger partial charge >= 0.3 is 0 Å². The van der Waals surface area contributed by atoms with E-state index in [2.05, 4.69) is 16.1 Å². The van der Waals surface area contributed by atoms with Crippen LogP contribution in [0.15, 0.2) is 54.9 Å². The van der Waals surface area contributed by atoms with E-state index in [0.717, 1.165) is 42.8 Å². The van der Waals surface area contributed by atoms with E-state index in [4.69, 9.17) is 0 Å². The van der Waals surface area contributed by atoms with Gasteiger partial charge in [-0.1, -0.05) is 18.2 Å². The quantitative estimate of drug-likeness (QED) is 0.773. The lowest BCUT2D eigenvalue weighted by molar-refractivity contribution is 0.117. The second-order valence-corrected chi connectivity index (χ2v) is 6.77. The van der Waals surface area contributed by atoms with Gasteiger partial charge in [-0.15, -0.1) is 0 Å². The number of fused-ring (bicyclic) bond motifs is 1. The van der Waals surface area contributed by atoms with Gasteiger partial charge in [0.15, 0.2) is 0 Å². The Morgan fingerprint density at radius 3 is 2.84 bits per heavy atom. The third-order valence-corrected chi connectivity index (χ3v) is 5.03. The summed E-state index contributed by atoms with van der Waals surface area (Å²) < 4.78 is 15.1. The molecule has 130 valence electrons. The lowest BCUT2D eigenvalue weighted by Gasteiger charge is -2.25. The van der Waals surface area contributed by atoms with Crippen LogP contribution in [0.25, 0.3) is 5.65 Å². The fourth-order valence-corrected chi connectivity index (χ4v) is 3.72. The van der Waals surface area contributed by atoms with Crippen LogP contribution >= 0.6 is 0 Å². The molecule has 3 aromatic rings. The minimum absolute atomic E-state index is 0.273. The Kier molecular flexibility index (Phi) is 4.51. The first-order valence-electron chi connectivity index (χ1n) is 8.79. The molecule has 1 N–H and O–H groups in total. The molecule has 0 spiro atoms. The third kappa shape index (κ3) is 3.57. The lowest BCUT2D eigenvalue weighted by atomic mass is 10.0. The number of hydrogen-bond donors (Lipinski definition) is 1. The molecule has 1 aromatic carbocycles. The van der Waals surface area contributed by atoms with Gasteiger partial charge in [0.25, 0.3) is 0 Å². The van der Waals surface area contributed by atoms with Gasteiger partial charge in [0.05, 0.1) is 11.8 Å². The zero-order valence-corrected chi connectivity index (χ0v) is 14.1. The fraction of sp³-hybridized carbons (Fsp3) is 0.350. The molecule has 2 atom stereocenters. The summed E-state index contributed by atoms with van der Waals surface area (Å²) in [6, 6.07) is 12.5. The Bertz CT molecular complexity index is 813. The molecule has 2 unspecified atom stereocenters. The Morgan fingerprint density at radius 2 is 2.04 bits per heavy atom. The predicted octanol–water partition coefficient (Wildman–Crippen LogP) is 3.56. The van der Waals surface area contributed by atoms with Crippen molar-refractivity contribution in [3.05, 3.63) is 71.9 Å². The van der Waals surface area contributed by atoms with Crippen molar-refractivity contribution in [2.24, 2.45) is 0 Å². The normalized spacial score (nSPS) is 19.5. The van der Waals surface area contributed by atoms with Gasteiger partial charge in [-0.05, 0) is 55.6 Å². The largest absolute Gasteiger partial charge is 0.388 e. The molecule has 1 fully saturated rings. The number of rotatable bonds is 5. The molecular weight excluding hydrogens is 317 g/mol. The van der Waals surface area contributed by atoms with E-state index in [1.54, 1.807) is 12.1 Å². The predicted molar refractivity (Wildman–Crippen MR) is 94.6 cm³/mol. The van der Waals surface area contributed by atoms with Crippen molar-refractivity contribution in [1.29, 1.82) is 0 Å². The summed E-state index contributed by atoms with van der Waals surface area (Å²) in [5, 5.41) is 10.5. The minimum Gasteiger partial charge on any atom is -0.388 e. The van der Waals surface area contributed by atoms with E-state index >= 15 is 0 Å². The van der Waals surface area contributed by atoms with E-state index in [1.807, 2.05) is 28.8 Å². The van der Waals surface area contributed by atoms with Crippen molar-refractivity contribution < 1.29 is 9.50 Å². The Balaban J connectivity index is 1.43. The number of halogens is 1. The van der Waals surface area contributed by atoms with Gasteiger partial charge in [-0.25, -0.2) is 9.37 Å². The van der Waals surface area contributed by atoms with Crippen LogP contribution in [-0.2, 0) is 6.54 Å². The molecule has 0 amide bonds. The molecule has 2 aromatic heterocycles. The second-order valence-electron chi connectivity index (χ2n) is 6.77. The maximum atomic E-state index is 13.0. The molecule has 3 heterocycles. The van der Waals surface area contributed by atoms with Crippen molar-refractivity contribution in [3.8, 4) is 0 Å². The van der Waals surface area contributed by atoms with Crippen LogP contribution in [0, 0.1) is 5.82 Å². The molecule has 1 aliphatic heterocycles. The highest BCUT2D eigenvalue weighted by atomic mass is 19.1. The molecule has 1 saturated heterocycles. The zero-order valence-electron chi connectivity index (χ0n) is 14.1. The highest BCUT2D eigenvalue weighted by Crippen LogP contribution is 2.28. The number of aliphatic hydroxyl groups excluding tert-OH is 1. The molecule has 0 bridgehead atoms. The summed E-state index contributed by atoms with van der Waals surface area (Å²) in [5.74, 6) is -0.273. The topological polar surface area (TPSA) is 40.8 Å². The second kappa shape index (κ2) is 6.94. The van der Waals surface area contributed by atoms with Crippen LogP contribution in [0.3, 0.4) is 0 Å². The number of aromatic nitrogens is 2. The standard InChI is InChI=1S/C20H22FN3O/c21-16-8-6-15(7-9-16)19(25)12-18-4-3-11-23(18)13-17-14-24-10-2-1-5-20(24)22-17/h1-2,5-10,14,18-19,25H,3-4,11-13H2. The average molecular weight is 339 g/mol. The summed E-state index contributed by atoms with van der Waals surface area (Å²) in [6.07, 6.45) is 6.39. The number of imidazole rings is 1. The summed E-state index contributed by atoms with van der Waals surface area (Å²) in [5.41, 5.74) is 2.79. The average Bonchev–Trinajstić information content (AvgIpc) is 3.22. The van der Waals surface area contributed by atoms with Crippen molar-refractivity contribution >= 4 is 5.65 Å². The number of pyridine rings is 1. The Morgan fingerprint density at radius 1 is 1.20 bits per heavy atom. The van der Waals surface area contributed by atoms with Gasteiger partial charge < -0.3 is 9.51 Å². The van der Waals surface area contributed by atoms with Gasteiger partial charge in [0, 0.05) is 25.0 Å². The van der Waals surface area contributed by atoms with Crippen LogP contribution < -0.4 is 0 Å². The number of nitrogens with zero attached hydrogens (tertiary/aromatic N) is 3. The van der Waals surface area contributed by atoms with Crippen molar-refractivity contribution in [3.63, 3.8) is 0 Å². The number of likely N-dealkylation sites (tertiary alicyclic amines) is 1. The van der Waals surface area contributed by atoms with E-state index in [-0.39, 0.29) is 5.82 Å². The van der Waals surface area contributed by atoms with Crippen LogP contribution in [-0.4, -0.2) is 32.0 Å². The molecular formula is C20H22FN3O. The van der Waals surface area contributed by atoms with Crippen LogP contribution in [0.1, 0.15) is 36.6 Å². The first-order chi connectivity index (χ1) is 12.2. The number of hydrogen-bond acceptors (Lipinski definition) is 3. The molecule has 1 aliphatic rings. The molecule has 0 aliphatic carbocycles. The molecule has 5 heteroatoms. The number of aliphatic hydroxyl groups is 1. The van der Waals surface area contributed by atoms with Crippen molar-refractivity contribution in [2.75, 3.05) is 6.54 Å². The molecule has 0 radical (unpaired) electrons. The highest BCUT2D eigenvalue weighted by molar-refractivity contribution is 5.39. The summed E-state index contributed by atoms with van der Waals surface area (Å²) >= 11 is 0. The minimum atomic E-state index is -0.563. The zero-order chi connectivity index (χ0) is 17.2. The summed E-state index contributed by atoms with van der Waals surface area (Å²) in [6.45, 7) is 1.82. The highest BCUT2D eigenvalue weighted by Gasteiger charge is 2.27. The first-order valence-corrected chi connectivity index (χ1v) is 8.79. The maximum Gasteiger partial charge on any atom is 0.137 e. The Labute approximate surface area is 146 Å². The molecule has 25 heavy (non-hydrogen) atoms. The SMILES string of the molecule is OC(CC1CCCN1Cc1cn2ccccc2n1)c1ccc(F)cc1. The smallest absolute Gasteiger partial charge is 0.137 e. The van der Waals surface area contributed by atoms with E-state index in [9.17, 15) is 9.50 Å². The first kappa shape index (κ1) is 16.2. The van der Waals surface area contributed by atoms with Crippen LogP contribution in [0.4, 0.5) is 4.39 Å². The van der Waals surface area contributed by atoms with Crippen LogP contribution in [0.2, 0.25) is 0 Å². The summed E-state index contributed by atoms with van der Waals surface area (Å²) in [7, 11) is 0. The fourth-order valence-electron chi connectivity index (χ4n) is 3.72. The van der Waals surface area contributed by atoms with E-state index < -0.39 is 6.10 Å². The van der Waals surface area contributed by atoms with Gasteiger partial charge in [-0.2, -0.15) is 0 Å². The number of benzene rings is 1. The van der Waals surface area contributed by atoms with Crippen LogP contribution in [0.5, 0.6) is 0 Å². The van der Waals surface area contributed by atoms with Gasteiger partial charge in [0.2, 0.25) is 0 Å². The monoisotopic (exact) mass is 339 g/mol. The van der Waals surface area contributed by atoms with E-state index in [1.165, 1.54) is 12.1 Å². The van der Waals surface area contributed by atoms with E-state index in [0.29, 0.717) is 12.5 Å². The molecule has 4 nitrogen and oxygen atoms in total. The lowest BCUT2D eigenvalue weighted by Crippen LogP contribution is -2.30. The Hall–Kier alpha value is -2.24. The maximum absolute atomic E-state index is 13.0.